The molecule has 1 N–H and O–H groups in total. The third-order valence-corrected chi connectivity index (χ3v) is 4.87. The summed E-state index contributed by atoms with van der Waals surface area (Å²) in [5.41, 5.74) is 0.717. The summed E-state index contributed by atoms with van der Waals surface area (Å²) in [4.78, 5) is 0. The van der Waals surface area contributed by atoms with E-state index in [1.807, 2.05) is 0 Å². The third-order valence-electron chi connectivity index (χ3n) is 1.44. The van der Waals surface area contributed by atoms with Crippen LogP contribution in [0.1, 0.15) is 5.56 Å². The zero-order valence-corrected chi connectivity index (χ0v) is 9.63. The van der Waals surface area contributed by atoms with Crippen molar-refractivity contribution in [3.63, 3.8) is 0 Å². The molecule has 0 amide bonds. The van der Waals surface area contributed by atoms with Gasteiger partial charge in [-0.3, -0.25) is 0 Å². The van der Waals surface area contributed by atoms with Crippen molar-refractivity contribution in [2.45, 2.75) is 11.1 Å². The van der Waals surface area contributed by atoms with Crippen molar-refractivity contribution in [3.8, 4) is 6.07 Å². The molecule has 0 atom stereocenters. The zero-order chi connectivity index (χ0) is 10.8. The molecule has 1 rings (SSSR count). The van der Waals surface area contributed by atoms with Gasteiger partial charge in [-0.2, -0.15) is 9.98 Å². The maximum Gasteiger partial charge on any atom is 0.251 e. The average molecular weight is 251 g/mol. The molecule has 0 aliphatic heterocycles. The Morgan fingerprint density at radius 1 is 1.71 bits per heavy atom. The Morgan fingerprint density at radius 3 is 2.79 bits per heavy atom. The van der Waals surface area contributed by atoms with Crippen LogP contribution in [-0.2, 0) is 10.0 Å². The standard InChI is InChI=1S/C7H7ClN2O2S2/c1-5-4-6(13-7(5)8)14(11,12)10-3-2-9/h4,10H,3H2,1H3. The first-order valence-corrected chi connectivity index (χ1v) is 6.27. The number of nitriles is 1. The second kappa shape index (κ2) is 4.28. The lowest BCUT2D eigenvalue weighted by atomic mass is 10.4. The van der Waals surface area contributed by atoms with Gasteiger partial charge in [-0.25, -0.2) is 8.42 Å². The fraction of sp³-hybridized carbons (Fsp3) is 0.286. The predicted molar refractivity (Wildman–Crippen MR) is 54.9 cm³/mol. The lowest BCUT2D eigenvalue weighted by Gasteiger charge is -1.97. The van der Waals surface area contributed by atoms with Gasteiger partial charge >= 0.3 is 0 Å². The number of aryl methyl sites for hydroxylation is 1. The largest absolute Gasteiger partial charge is 0.251 e. The quantitative estimate of drug-likeness (QED) is 0.827. The van der Waals surface area contributed by atoms with Crippen molar-refractivity contribution in [2.24, 2.45) is 0 Å². The summed E-state index contributed by atoms with van der Waals surface area (Å²) in [6.45, 7) is 1.49. The predicted octanol–water partition coefficient (Wildman–Crippen LogP) is 1.51. The van der Waals surface area contributed by atoms with Crippen LogP contribution in [0, 0.1) is 18.3 Å². The lowest BCUT2D eigenvalue weighted by Crippen LogP contribution is -2.22. The number of thiophene rings is 1. The number of halogens is 1. The smallest absolute Gasteiger partial charge is 0.206 e. The highest BCUT2D eigenvalue weighted by Gasteiger charge is 2.17. The maximum atomic E-state index is 11.4. The van der Waals surface area contributed by atoms with Crippen molar-refractivity contribution in [1.82, 2.24) is 4.72 Å². The summed E-state index contributed by atoms with van der Waals surface area (Å²) in [6.07, 6.45) is 0. The Labute approximate surface area is 91.2 Å². The van der Waals surface area contributed by atoms with E-state index in [0.29, 0.717) is 9.90 Å². The molecule has 0 unspecified atom stereocenters. The number of hydrogen-bond acceptors (Lipinski definition) is 4. The molecule has 0 spiro atoms. The Balaban J connectivity index is 3.00. The summed E-state index contributed by atoms with van der Waals surface area (Å²) >= 11 is 6.71. The van der Waals surface area contributed by atoms with Crippen LogP contribution in [0.25, 0.3) is 0 Å². The van der Waals surface area contributed by atoms with E-state index in [1.165, 1.54) is 6.07 Å². The van der Waals surface area contributed by atoms with Gasteiger partial charge in [0.1, 0.15) is 4.21 Å². The molecule has 7 heteroatoms. The molecule has 0 aromatic carbocycles. The second-order valence-corrected chi connectivity index (χ2v) is 6.15. The van der Waals surface area contributed by atoms with Gasteiger partial charge in [0.15, 0.2) is 0 Å². The molecule has 76 valence electrons. The fourth-order valence-electron chi connectivity index (χ4n) is 0.763. The molecule has 4 nitrogen and oxygen atoms in total. The van der Waals surface area contributed by atoms with E-state index in [9.17, 15) is 8.42 Å². The van der Waals surface area contributed by atoms with E-state index in [0.717, 1.165) is 11.3 Å². The van der Waals surface area contributed by atoms with E-state index in [-0.39, 0.29) is 10.8 Å². The van der Waals surface area contributed by atoms with Crippen molar-refractivity contribution in [2.75, 3.05) is 6.54 Å². The Hall–Kier alpha value is -0.610. The van der Waals surface area contributed by atoms with E-state index in [4.69, 9.17) is 16.9 Å². The molecular weight excluding hydrogens is 244 g/mol. The molecule has 0 bridgehead atoms. The highest BCUT2D eigenvalue weighted by Crippen LogP contribution is 2.29. The third kappa shape index (κ3) is 2.45. The van der Waals surface area contributed by atoms with Crippen LogP contribution in [0.3, 0.4) is 0 Å². The van der Waals surface area contributed by atoms with Gasteiger partial charge in [0.25, 0.3) is 10.0 Å². The van der Waals surface area contributed by atoms with E-state index >= 15 is 0 Å². The van der Waals surface area contributed by atoms with Gasteiger partial charge < -0.3 is 0 Å². The zero-order valence-electron chi connectivity index (χ0n) is 7.24. The molecule has 1 heterocycles. The molecule has 0 aliphatic rings. The molecule has 0 aliphatic carbocycles. The number of sulfonamides is 1. The molecule has 1 aromatic rings. The maximum absolute atomic E-state index is 11.4. The minimum Gasteiger partial charge on any atom is -0.206 e. The van der Waals surface area contributed by atoms with Gasteiger partial charge in [-0.15, -0.1) is 11.3 Å². The number of rotatable bonds is 3. The summed E-state index contributed by atoms with van der Waals surface area (Å²) in [6, 6.07) is 3.18. The van der Waals surface area contributed by atoms with Crippen LogP contribution in [0.4, 0.5) is 0 Å². The van der Waals surface area contributed by atoms with Gasteiger partial charge in [-0.05, 0) is 18.6 Å². The van der Waals surface area contributed by atoms with Crippen molar-refractivity contribution in [1.29, 1.82) is 5.26 Å². The molecule has 0 radical (unpaired) electrons. The SMILES string of the molecule is Cc1cc(S(=O)(=O)NCC#N)sc1Cl. The van der Waals surface area contributed by atoms with Gasteiger partial charge in [0.2, 0.25) is 0 Å². The first-order valence-electron chi connectivity index (χ1n) is 3.60. The van der Waals surface area contributed by atoms with Crippen molar-refractivity contribution < 1.29 is 8.42 Å². The normalized spacial score (nSPS) is 11.2. The Bertz CT molecular complexity index is 453. The van der Waals surface area contributed by atoms with Crippen LogP contribution in [0.2, 0.25) is 4.34 Å². The Kier molecular flexibility index (Phi) is 3.50. The summed E-state index contributed by atoms with van der Waals surface area (Å²) in [5, 5.41) is 8.24. The van der Waals surface area contributed by atoms with Crippen molar-refractivity contribution in [3.05, 3.63) is 16.0 Å². The van der Waals surface area contributed by atoms with Crippen LogP contribution < -0.4 is 4.72 Å². The molecule has 0 saturated carbocycles. The lowest BCUT2D eigenvalue weighted by molar-refractivity contribution is 0.588. The van der Waals surface area contributed by atoms with Gasteiger partial charge in [-0.1, -0.05) is 11.6 Å². The van der Waals surface area contributed by atoms with Crippen LogP contribution in [-0.4, -0.2) is 15.0 Å². The molecule has 14 heavy (non-hydrogen) atoms. The van der Waals surface area contributed by atoms with Crippen molar-refractivity contribution >= 4 is 33.0 Å². The van der Waals surface area contributed by atoms with Gasteiger partial charge in [0.05, 0.1) is 17.0 Å². The van der Waals surface area contributed by atoms with E-state index in [2.05, 4.69) is 4.72 Å². The molecular formula is C7H7ClN2O2S2. The number of nitrogens with zero attached hydrogens (tertiary/aromatic N) is 1. The topological polar surface area (TPSA) is 70.0 Å². The van der Waals surface area contributed by atoms with Crippen LogP contribution >= 0.6 is 22.9 Å². The molecule has 0 fully saturated rings. The number of nitrogens with one attached hydrogen (secondary N) is 1. The number of hydrogen-bond donors (Lipinski definition) is 1. The Morgan fingerprint density at radius 2 is 2.36 bits per heavy atom. The van der Waals surface area contributed by atoms with E-state index in [1.54, 1.807) is 13.0 Å². The average Bonchev–Trinajstić information content (AvgIpc) is 2.45. The monoisotopic (exact) mass is 250 g/mol. The first kappa shape index (κ1) is 11.5. The molecule has 1 aromatic heterocycles. The summed E-state index contributed by atoms with van der Waals surface area (Å²) < 4.78 is 25.6. The van der Waals surface area contributed by atoms with Crippen LogP contribution in [0.5, 0.6) is 0 Å². The minimum atomic E-state index is -3.56. The highest BCUT2D eigenvalue weighted by atomic mass is 35.5. The summed E-state index contributed by atoms with van der Waals surface area (Å²) in [5.74, 6) is 0. The first-order chi connectivity index (χ1) is 6.47. The molecule has 0 saturated heterocycles. The summed E-state index contributed by atoms with van der Waals surface area (Å²) in [7, 11) is -3.56. The van der Waals surface area contributed by atoms with E-state index < -0.39 is 10.0 Å². The fourth-order valence-corrected chi connectivity index (χ4v) is 3.43. The van der Waals surface area contributed by atoms with Crippen LogP contribution in [0.15, 0.2) is 10.3 Å². The van der Waals surface area contributed by atoms with Gasteiger partial charge in [0, 0.05) is 0 Å². The second-order valence-electron chi connectivity index (χ2n) is 2.50. The highest BCUT2D eigenvalue weighted by molar-refractivity contribution is 7.91. The minimum absolute atomic E-state index is 0.134.